The van der Waals surface area contributed by atoms with Gasteiger partial charge in [-0.05, 0) is 32.6 Å². The van der Waals surface area contributed by atoms with E-state index in [1.165, 1.54) is 29.8 Å². The molecule has 0 unspecified atom stereocenters. The Kier molecular flexibility index (Phi) is 6.32. The van der Waals surface area contributed by atoms with Gasteiger partial charge in [-0.2, -0.15) is 0 Å². The molecule has 8 nitrogen and oxygen atoms in total. The number of carbonyl (C=O) groups is 1. The third kappa shape index (κ3) is 3.76. The molecule has 1 amide bonds. The minimum absolute atomic E-state index is 0.105. The molecule has 2 aromatic heterocycles. The first-order valence-electron chi connectivity index (χ1n) is 9.95. The summed E-state index contributed by atoms with van der Waals surface area (Å²) in [6, 6.07) is 0.272. The van der Waals surface area contributed by atoms with E-state index >= 15 is 0 Å². The van der Waals surface area contributed by atoms with Crippen molar-refractivity contribution in [2.75, 3.05) is 12.3 Å². The van der Waals surface area contributed by atoms with Gasteiger partial charge in [-0.3, -0.25) is 18.7 Å². The van der Waals surface area contributed by atoms with Gasteiger partial charge in [-0.15, -0.1) is 0 Å². The van der Waals surface area contributed by atoms with E-state index in [4.69, 9.17) is 0 Å². The molecule has 0 radical (unpaired) electrons. The second-order valence-electron chi connectivity index (χ2n) is 7.50. The number of piperidine rings is 1. The standard InChI is InChI=1S/C19H29N5O3S/c1-5-6-10-24-15-16(21(3)19(27)22(4)17(15)26)20-18(24)28-12-14(25)23-11-8-7-9-13(23)2/h13H,5-12H2,1-4H3/t13-/m0/s1. The Hall–Kier alpha value is -2.03. The highest BCUT2D eigenvalue weighted by Gasteiger charge is 2.25. The van der Waals surface area contributed by atoms with Crippen molar-refractivity contribution in [2.24, 2.45) is 14.1 Å². The fourth-order valence-corrected chi connectivity index (χ4v) is 4.65. The fraction of sp³-hybridized carbons (Fsp3) is 0.684. The summed E-state index contributed by atoms with van der Waals surface area (Å²) in [4.78, 5) is 44.2. The van der Waals surface area contributed by atoms with Gasteiger partial charge in [0.25, 0.3) is 5.56 Å². The Morgan fingerprint density at radius 1 is 1.21 bits per heavy atom. The lowest BCUT2D eigenvalue weighted by molar-refractivity contribution is -0.131. The molecule has 3 rings (SSSR count). The number of aromatic nitrogens is 4. The second-order valence-corrected chi connectivity index (χ2v) is 8.44. The number of nitrogens with zero attached hydrogens (tertiary/aromatic N) is 5. The zero-order chi connectivity index (χ0) is 20.4. The van der Waals surface area contributed by atoms with Crippen LogP contribution in [0.2, 0.25) is 0 Å². The number of likely N-dealkylation sites (tertiary alicyclic amines) is 1. The topological polar surface area (TPSA) is 82.1 Å². The Labute approximate surface area is 168 Å². The maximum Gasteiger partial charge on any atom is 0.332 e. The van der Waals surface area contributed by atoms with Crippen LogP contribution in [0.1, 0.15) is 46.0 Å². The molecule has 0 N–H and O–H groups in total. The Morgan fingerprint density at radius 2 is 1.96 bits per heavy atom. The van der Waals surface area contributed by atoms with Crippen molar-refractivity contribution in [2.45, 2.75) is 63.7 Å². The van der Waals surface area contributed by atoms with Crippen LogP contribution in [0.25, 0.3) is 11.2 Å². The zero-order valence-electron chi connectivity index (χ0n) is 17.1. The first kappa shape index (κ1) is 20.7. The Balaban J connectivity index is 1.94. The van der Waals surface area contributed by atoms with Crippen LogP contribution in [-0.2, 0) is 25.4 Å². The third-order valence-electron chi connectivity index (χ3n) is 5.50. The lowest BCUT2D eigenvalue weighted by Crippen LogP contribution is -2.43. The van der Waals surface area contributed by atoms with Gasteiger partial charge in [0, 0.05) is 33.2 Å². The highest BCUT2D eigenvalue weighted by atomic mass is 32.2. The summed E-state index contributed by atoms with van der Waals surface area (Å²) in [6.07, 6.45) is 5.13. The number of unbranched alkanes of at least 4 members (excludes halogenated alkanes) is 1. The number of thioether (sulfide) groups is 1. The second kappa shape index (κ2) is 8.55. The quantitative estimate of drug-likeness (QED) is 0.681. The average Bonchev–Trinajstić information content (AvgIpc) is 3.06. The number of carbonyl (C=O) groups excluding carboxylic acids is 1. The van der Waals surface area contributed by atoms with E-state index < -0.39 is 5.69 Å². The van der Waals surface area contributed by atoms with Crippen LogP contribution < -0.4 is 11.2 Å². The van der Waals surface area contributed by atoms with E-state index in [0.717, 1.165) is 36.8 Å². The number of fused-ring (bicyclic) bond motifs is 1. The largest absolute Gasteiger partial charge is 0.339 e. The van der Waals surface area contributed by atoms with Crippen molar-refractivity contribution in [3.8, 4) is 0 Å². The minimum atomic E-state index is -0.396. The number of rotatable bonds is 6. The summed E-state index contributed by atoms with van der Waals surface area (Å²) in [5.74, 6) is 0.390. The molecule has 28 heavy (non-hydrogen) atoms. The lowest BCUT2D eigenvalue weighted by atomic mass is 10.0. The maximum atomic E-state index is 12.7. The number of amides is 1. The highest BCUT2D eigenvalue weighted by molar-refractivity contribution is 7.99. The van der Waals surface area contributed by atoms with E-state index in [2.05, 4.69) is 18.8 Å². The van der Waals surface area contributed by atoms with Crippen molar-refractivity contribution in [1.82, 2.24) is 23.6 Å². The van der Waals surface area contributed by atoms with Crippen LogP contribution >= 0.6 is 11.8 Å². The van der Waals surface area contributed by atoms with Gasteiger partial charge in [0.05, 0.1) is 5.75 Å². The highest BCUT2D eigenvalue weighted by Crippen LogP contribution is 2.24. The molecular weight excluding hydrogens is 378 g/mol. The van der Waals surface area contributed by atoms with Gasteiger partial charge in [0.1, 0.15) is 0 Å². The molecule has 2 aromatic rings. The average molecular weight is 408 g/mol. The fourth-order valence-electron chi connectivity index (χ4n) is 3.74. The molecule has 1 aliphatic heterocycles. The number of aryl methyl sites for hydroxylation is 2. The zero-order valence-corrected chi connectivity index (χ0v) is 17.9. The molecule has 9 heteroatoms. The smallest absolute Gasteiger partial charge is 0.332 e. The summed E-state index contributed by atoms with van der Waals surface area (Å²) in [5.41, 5.74) is 0.0711. The van der Waals surface area contributed by atoms with Gasteiger partial charge >= 0.3 is 5.69 Å². The third-order valence-corrected chi connectivity index (χ3v) is 6.46. The summed E-state index contributed by atoms with van der Waals surface area (Å²) < 4.78 is 4.39. The van der Waals surface area contributed by atoms with E-state index in [1.807, 2.05) is 9.47 Å². The first-order valence-corrected chi connectivity index (χ1v) is 10.9. The van der Waals surface area contributed by atoms with E-state index in [0.29, 0.717) is 22.9 Å². The molecule has 0 bridgehead atoms. The summed E-state index contributed by atoms with van der Waals surface area (Å²) >= 11 is 1.35. The van der Waals surface area contributed by atoms with Crippen LogP contribution in [0.4, 0.5) is 0 Å². The van der Waals surface area contributed by atoms with Gasteiger partial charge in [-0.25, -0.2) is 9.78 Å². The van der Waals surface area contributed by atoms with E-state index in [1.54, 1.807) is 7.05 Å². The molecular formula is C19H29N5O3S. The summed E-state index contributed by atoms with van der Waals surface area (Å²) in [5, 5.41) is 0.625. The molecule has 0 saturated carbocycles. The predicted octanol–water partition coefficient (Wildman–Crippen LogP) is 1.73. The Bertz CT molecular complexity index is 990. The molecule has 1 saturated heterocycles. The summed E-state index contributed by atoms with van der Waals surface area (Å²) in [6.45, 7) is 5.62. The van der Waals surface area contributed by atoms with Crippen molar-refractivity contribution in [3.63, 3.8) is 0 Å². The maximum absolute atomic E-state index is 12.7. The lowest BCUT2D eigenvalue weighted by Gasteiger charge is -2.33. The van der Waals surface area contributed by atoms with Crippen molar-refractivity contribution < 1.29 is 4.79 Å². The summed E-state index contributed by atoms with van der Waals surface area (Å²) in [7, 11) is 3.10. The molecule has 154 valence electrons. The van der Waals surface area contributed by atoms with Crippen molar-refractivity contribution in [3.05, 3.63) is 20.8 Å². The van der Waals surface area contributed by atoms with Crippen LogP contribution in [0, 0.1) is 0 Å². The molecule has 1 aliphatic rings. The van der Waals surface area contributed by atoms with Gasteiger partial charge in [0.15, 0.2) is 16.3 Å². The molecule has 0 aromatic carbocycles. The number of hydrogen-bond acceptors (Lipinski definition) is 5. The normalized spacial score (nSPS) is 17.4. The van der Waals surface area contributed by atoms with Gasteiger partial charge in [0.2, 0.25) is 5.91 Å². The van der Waals surface area contributed by atoms with Gasteiger partial charge in [-0.1, -0.05) is 25.1 Å². The van der Waals surface area contributed by atoms with Crippen molar-refractivity contribution >= 4 is 28.8 Å². The monoisotopic (exact) mass is 407 g/mol. The van der Waals surface area contributed by atoms with Gasteiger partial charge < -0.3 is 9.47 Å². The SMILES string of the molecule is CCCCn1c(SCC(=O)N2CCCC[C@@H]2C)nc2c1c(=O)n(C)c(=O)n2C. The minimum Gasteiger partial charge on any atom is -0.339 e. The number of hydrogen-bond donors (Lipinski definition) is 0. The van der Waals surface area contributed by atoms with Crippen LogP contribution in [-0.4, -0.2) is 47.8 Å². The van der Waals surface area contributed by atoms with E-state index in [9.17, 15) is 14.4 Å². The van der Waals surface area contributed by atoms with E-state index in [-0.39, 0.29) is 23.3 Å². The molecule has 0 aliphatic carbocycles. The molecule has 3 heterocycles. The van der Waals surface area contributed by atoms with Crippen LogP contribution in [0.15, 0.2) is 14.7 Å². The molecule has 1 atom stereocenters. The van der Waals surface area contributed by atoms with Crippen molar-refractivity contribution in [1.29, 1.82) is 0 Å². The predicted molar refractivity (Wildman–Crippen MR) is 111 cm³/mol. The number of imidazole rings is 1. The Morgan fingerprint density at radius 3 is 2.64 bits per heavy atom. The first-order chi connectivity index (χ1) is 13.4. The molecule has 1 fully saturated rings. The van der Waals surface area contributed by atoms with Crippen LogP contribution in [0.3, 0.4) is 0 Å². The molecule has 0 spiro atoms. The van der Waals surface area contributed by atoms with Crippen LogP contribution in [0.5, 0.6) is 0 Å².